The normalized spacial score (nSPS) is 14.3. The van der Waals surface area contributed by atoms with Crippen LogP contribution in [0.2, 0.25) is 0 Å². The summed E-state index contributed by atoms with van der Waals surface area (Å²) in [7, 11) is 1.57. The molecule has 1 aliphatic heterocycles. The molecule has 2 heterocycles. The molecule has 0 atom stereocenters. The Morgan fingerprint density at radius 3 is 2.74 bits per heavy atom. The summed E-state index contributed by atoms with van der Waals surface area (Å²) in [5.74, 6) is 0.550. The first-order valence-corrected chi connectivity index (χ1v) is 6.19. The number of carbonyl (C=O) groups excluding carboxylic acids is 1. The van der Waals surface area contributed by atoms with Crippen molar-refractivity contribution in [1.29, 1.82) is 0 Å². The van der Waals surface area contributed by atoms with Gasteiger partial charge in [0.15, 0.2) is 0 Å². The number of hydrogen-bond donors (Lipinski definition) is 1. The van der Waals surface area contributed by atoms with E-state index in [1.807, 2.05) is 0 Å². The second-order valence-electron chi connectivity index (χ2n) is 4.61. The van der Waals surface area contributed by atoms with Gasteiger partial charge in [0.25, 0.3) is 11.5 Å². The minimum absolute atomic E-state index is 0.118. The molecule has 0 spiro atoms. The Morgan fingerprint density at radius 2 is 2.11 bits per heavy atom. The highest BCUT2D eigenvalue weighted by Gasteiger charge is 2.22. The van der Waals surface area contributed by atoms with E-state index in [2.05, 4.69) is 4.98 Å². The fraction of sp³-hybridized carbons (Fsp3) is 0.286. The summed E-state index contributed by atoms with van der Waals surface area (Å²) in [5.41, 5.74) is 0.0921. The van der Waals surface area contributed by atoms with Crippen LogP contribution in [0.25, 0.3) is 10.8 Å². The zero-order chi connectivity index (χ0) is 13.4. The summed E-state index contributed by atoms with van der Waals surface area (Å²) >= 11 is 0. The first-order chi connectivity index (χ1) is 9.19. The van der Waals surface area contributed by atoms with Gasteiger partial charge in [0.1, 0.15) is 11.4 Å². The van der Waals surface area contributed by atoms with E-state index in [1.54, 1.807) is 36.3 Å². The molecule has 1 saturated heterocycles. The maximum absolute atomic E-state index is 12.1. The topological polar surface area (TPSA) is 62.4 Å². The summed E-state index contributed by atoms with van der Waals surface area (Å²) < 4.78 is 5.13. The molecular weight excluding hydrogens is 244 g/mol. The van der Waals surface area contributed by atoms with Crippen LogP contribution in [-0.4, -0.2) is 36.0 Å². The van der Waals surface area contributed by atoms with Crippen LogP contribution in [0, 0.1) is 0 Å². The van der Waals surface area contributed by atoms with Gasteiger partial charge in [0, 0.05) is 18.5 Å². The molecule has 5 nitrogen and oxygen atoms in total. The molecule has 0 saturated carbocycles. The highest BCUT2D eigenvalue weighted by molar-refractivity contribution is 5.96. The third-order valence-electron chi connectivity index (χ3n) is 3.43. The van der Waals surface area contributed by atoms with Gasteiger partial charge in [0.2, 0.25) is 0 Å². The fourth-order valence-corrected chi connectivity index (χ4v) is 2.18. The maximum Gasteiger partial charge on any atom is 0.270 e. The number of rotatable bonds is 2. The highest BCUT2D eigenvalue weighted by Crippen LogP contribution is 2.19. The van der Waals surface area contributed by atoms with Crippen LogP contribution in [0.5, 0.6) is 5.75 Å². The van der Waals surface area contributed by atoms with E-state index in [1.165, 1.54) is 0 Å². The number of likely N-dealkylation sites (tertiary alicyclic amines) is 1. The standard InChI is InChI=1S/C14H14N2O3/c1-19-10-3-4-11-9(7-10)8-12(15-13(11)17)14(18)16-5-2-6-16/h3-4,7-8H,2,5-6H2,1H3,(H,15,17). The summed E-state index contributed by atoms with van der Waals surface area (Å²) in [6, 6.07) is 6.90. The van der Waals surface area contributed by atoms with Crippen molar-refractivity contribution in [2.45, 2.75) is 6.42 Å². The van der Waals surface area contributed by atoms with Gasteiger partial charge in [-0.2, -0.15) is 0 Å². The second kappa shape index (κ2) is 4.42. The number of fused-ring (bicyclic) bond motifs is 1. The monoisotopic (exact) mass is 258 g/mol. The van der Waals surface area contributed by atoms with Gasteiger partial charge in [0.05, 0.1) is 7.11 Å². The fourth-order valence-electron chi connectivity index (χ4n) is 2.18. The molecular formula is C14H14N2O3. The van der Waals surface area contributed by atoms with Gasteiger partial charge in [-0.05, 0) is 36.1 Å². The van der Waals surface area contributed by atoms with E-state index in [4.69, 9.17) is 4.74 Å². The van der Waals surface area contributed by atoms with Gasteiger partial charge in [-0.1, -0.05) is 0 Å². The Morgan fingerprint density at radius 1 is 1.32 bits per heavy atom. The maximum atomic E-state index is 12.1. The molecule has 0 aliphatic carbocycles. The third-order valence-corrected chi connectivity index (χ3v) is 3.43. The Bertz CT molecular complexity index is 701. The van der Waals surface area contributed by atoms with Gasteiger partial charge < -0.3 is 14.6 Å². The minimum atomic E-state index is -0.246. The van der Waals surface area contributed by atoms with Crippen LogP contribution in [0.1, 0.15) is 16.9 Å². The molecule has 1 aliphatic rings. The number of pyridine rings is 1. The summed E-state index contributed by atoms with van der Waals surface area (Å²) in [6.45, 7) is 1.52. The largest absolute Gasteiger partial charge is 0.497 e. The van der Waals surface area contributed by atoms with Crippen molar-refractivity contribution in [3.63, 3.8) is 0 Å². The number of H-pyrrole nitrogens is 1. The number of nitrogens with zero attached hydrogens (tertiary/aromatic N) is 1. The number of amides is 1. The third kappa shape index (κ3) is 1.97. The van der Waals surface area contributed by atoms with Crippen LogP contribution in [0.4, 0.5) is 0 Å². The van der Waals surface area contributed by atoms with Gasteiger partial charge >= 0.3 is 0 Å². The van der Waals surface area contributed by atoms with Crippen molar-refractivity contribution in [3.05, 3.63) is 40.3 Å². The van der Waals surface area contributed by atoms with Gasteiger partial charge in [-0.3, -0.25) is 9.59 Å². The van der Waals surface area contributed by atoms with Gasteiger partial charge in [-0.25, -0.2) is 0 Å². The molecule has 1 N–H and O–H groups in total. The van der Waals surface area contributed by atoms with E-state index in [0.29, 0.717) is 22.2 Å². The average molecular weight is 258 g/mol. The van der Waals surface area contributed by atoms with E-state index < -0.39 is 0 Å². The molecule has 0 unspecified atom stereocenters. The van der Waals surface area contributed by atoms with Crippen LogP contribution >= 0.6 is 0 Å². The Labute approximate surface area is 109 Å². The lowest BCUT2D eigenvalue weighted by atomic mass is 10.1. The summed E-state index contributed by atoms with van der Waals surface area (Å²) in [6.07, 6.45) is 1.03. The molecule has 1 fully saturated rings. The Balaban J connectivity index is 2.11. The number of hydrogen-bond acceptors (Lipinski definition) is 3. The second-order valence-corrected chi connectivity index (χ2v) is 4.61. The lowest BCUT2D eigenvalue weighted by Gasteiger charge is -2.30. The van der Waals surface area contributed by atoms with Crippen molar-refractivity contribution < 1.29 is 9.53 Å². The number of nitrogens with one attached hydrogen (secondary N) is 1. The van der Waals surface area contributed by atoms with E-state index in [-0.39, 0.29) is 11.5 Å². The summed E-state index contributed by atoms with van der Waals surface area (Å²) in [4.78, 5) is 28.4. The number of ether oxygens (including phenoxy) is 1. The highest BCUT2D eigenvalue weighted by atomic mass is 16.5. The molecule has 1 aromatic carbocycles. The first-order valence-electron chi connectivity index (χ1n) is 6.19. The quantitative estimate of drug-likeness (QED) is 0.885. The van der Waals surface area contributed by atoms with Crippen molar-refractivity contribution in [1.82, 2.24) is 9.88 Å². The molecule has 1 aromatic heterocycles. The smallest absolute Gasteiger partial charge is 0.270 e. The Hall–Kier alpha value is -2.30. The predicted molar refractivity (Wildman–Crippen MR) is 71.6 cm³/mol. The summed E-state index contributed by atoms with van der Waals surface area (Å²) in [5, 5.41) is 1.27. The molecule has 98 valence electrons. The van der Waals surface area contributed by atoms with Crippen molar-refractivity contribution >= 4 is 16.7 Å². The molecule has 5 heteroatoms. The molecule has 1 amide bonds. The van der Waals surface area contributed by atoms with Crippen LogP contribution in [0.3, 0.4) is 0 Å². The predicted octanol–water partition coefficient (Wildman–Crippen LogP) is 1.38. The zero-order valence-electron chi connectivity index (χ0n) is 10.6. The molecule has 0 bridgehead atoms. The molecule has 3 rings (SSSR count). The zero-order valence-corrected chi connectivity index (χ0v) is 10.6. The number of aromatic amines is 1. The number of benzene rings is 1. The van der Waals surface area contributed by atoms with Gasteiger partial charge in [-0.15, -0.1) is 0 Å². The molecule has 2 aromatic rings. The van der Waals surface area contributed by atoms with E-state index in [0.717, 1.165) is 19.5 Å². The van der Waals surface area contributed by atoms with Crippen LogP contribution in [-0.2, 0) is 0 Å². The minimum Gasteiger partial charge on any atom is -0.497 e. The lowest BCUT2D eigenvalue weighted by molar-refractivity contribution is 0.0645. The van der Waals surface area contributed by atoms with Crippen molar-refractivity contribution in [3.8, 4) is 5.75 Å². The lowest BCUT2D eigenvalue weighted by Crippen LogP contribution is -2.42. The van der Waals surface area contributed by atoms with Crippen molar-refractivity contribution in [2.75, 3.05) is 20.2 Å². The Kier molecular flexibility index (Phi) is 2.74. The van der Waals surface area contributed by atoms with Crippen LogP contribution < -0.4 is 10.3 Å². The van der Waals surface area contributed by atoms with E-state index >= 15 is 0 Å². The SMILES string of the molecule is COc1ccc2c(=O)[nH]c(C(=O)N3CCC3)cc2c1. The first kappa shape index (κ1) is 11.8. The number of methoxy groups -OCH3 is 1. The van der Waals surface area contributed by atoms with Crippen LogP contribution in [0.15, 0.2) is 29.1 Å². The average Bonchev–Trinajstić information content (AvgIpc) is 2.35. The molecule has 19 heavy (non-hydrogen) atoms. The van der Waals surface area contributed by atoms with Crippen molar-refractivity contribution in [2.24, 2.45) is 0 Å². The molecule has 0 radical (unpaired) electrons. The number of aromatic nitrogens is 1. The number of carbonyl (C=O) groups is 1. The van der Waals surface area contributed by atoms with E-state index in [9.17, 15) is 9.59 Å².